The first-order valence-corrected chi connectivity index (χ1v) is 25.1. The molecule has 0 spiro atoms. The van der Waals surface area contributed by atoms with Gasteiger partial charge in [0.25, 0.3) is 0 Å². The predicted octanol–water partition coefficient (Wildman–Crippen LogP) is 16.4. The number of ether oxygens (including phenoxy) is 3. The molecule has 6 heteroatoms. The molecular weight excluding hydrogens is 757 g/mol. The van der Waals surface area contributed by atoms with E-state index in [4.69, 9.17) is 14.2 Å². The Labute approximate surface area is 375 Å². The van der Waals surface area contributed by atoms with Crippen molar-refractivity contribution in [3.05, 3.63) is 85.1 Å². The minimum Gasteiger partial charge on any atom is -0.462 e. The molecule has 0 rings (SSSR count). The standard InChI is InChI=1S/C55H92O6/c1-4-7-10-13-16-19-22-24-26-27-28-29-31-33-36-39-42-45-48-54(57)60-51-52(50-59-53(56)47-44-41-38-35-32-21-18-15-12-9-6-3)61-55(58)49-46-43-40-37-34-30-25-23-20-17-14-11-8-5-2/h8,11,15,17-18,20-22,24,26-29,32,52H,4-7,9-10,12-14,16,19,23,25,30-31,33-51H2,1-3H3/b11-8-,18-15-,20-17-,24-22-,27-26-,29-28-,32-21-. The molecule has 0 aliphatic rings. The lowest BCUT2D eigenvalue weighted by atomic mass is 10.1. The van der Waals surface area contributed by atoms with Crippen molar-refractivity contribution >= 4 is 17.9 Å². The third-order valence-electron chi connectivity index (χ3n) is 10.4. The molecule has 0 saturated heterocycles. The molecule has 1 unspecified atom stereocenters. The predicted molar refractivity (Wildman–Crippen MR) is 261 cm³/mol. The number of rotatable bonds is 44. The van der Waals surface area contributed by atoms with Crippen molar-refractivity contribution in [2.75, 3.05) is 13.2 Å². The van der Waals surface area contributed by atoms with E-state index in [0.29, 0.717) is 19.3 Å². The molecule has 61 heavy (non-hydrogen) atoms. The van der Waals surface area contributed by atoms with Gasteiger partial charge in [0.05, 0.1) is 0 Å². The van der Waals surface area contributed by atoms with Gasteiger partial charge in [-0.15, -0.1) is 0 Å². The Morgan fingerprint density at radius 2 is 0.721 bits per heavy atom. The van der Waals surface area contributed by atoms with Crippen molar-refractivity contribution in [1.82, 2.24) is 0 Å². The molecule has 6 nitrogen and oxygen atoms in total. The fraction of sp³-hybridized carbons (Fsp3) is 0.691. The summed E-state index contributed by atoms with van der Waals surface area (Å²) in [5.74, 6) is -0.958. The van der Waals surface area contributed by atoms with E-state index in [-0.39, 0.29) is 31.1 Å². The molecule has 0 aromatic carbocycles. The Balaban J connectivity index is 4.45. The molecule has 0 amide bonds. The average molecular weight is 849 g/mol. The van der Waals surface area contributed by atoms with E-state index in [1.165, 1.54) is 70.6 Å². The van der Waals surface area contributed by atoms with Gasteiger partial charge < -0.3 is 14.2 Å². The van der Waals surface area contributed by atoms with E-state index in [9.17, 15) is 14.4 Å². The van der Waals surface area contributed by atoms with Gasteiger partial charge in [0.15, 0.2) is 6.10 Å². The number of carbonyl (C=O) groups is 3. The van der Waals surface area contributed by atoms with E-state index < -0.39 is 6.10 Å². The maximum atomic E-state index is 12.8. The number of hydrogen-bond acceptors (Lipinski definition) is 6. The van der Waals surface area contributed by atoms with E-state index in [1.54, 1.807) is 0 Å². The molecule has 0 N–H and O–H groups in total. The fourth-order valence-corrected chi connectivity index (χ4v) is 6.63. The van der Waals surface area contributed by atoms with Crippen LogP contribution in [0.15, 0.2) is 85.1 Å². The molecule has 0 bridgehead atoms. The van der Waals surface area contributed by atoms with Crippen LogP contribution >= 0.6 is 0 Å². The highest BCUT2D eigenvalue weighted by Gasteiger charge is 2.19. The molecular formula is C55H92O6. The third-order valence-corrected chi connectivity index (χ3v) is 10.4. The van der Waals surface area contributed by atoms with Crippen LogP contribution in [-0.2, 0) is 28.6 Å². The first-order chi connectivity index (χ1) is 30.0. The molecule has 0 saturated carbocycles. The van der Waals surface area contributed by atoms with Crippen LogP contribution in [-0.4, -0.2) is 37.2 Å². The Bertz CT molecular complexity index is 1200. The van der Waals surface area contributed by atoms with Crippen LogP contribution in [0, 0.1) is 0 Å². The zero-order valence-electron chi connectivity index (χ0n) is 39.7. The Hall–Kier alpha value is -3.41. The van der Waals surface area contributed by atoms with Crippen LogP contribution in [0.2, 0.25) is 0 Å². The first kappa shape index (κ1) is 57.6. The highest BCUT2D eigenvalue weighted by atomic mass is 16.6. The number of allylic oxidation sites excluding steroid dienone is 14. The lowest BCUT2D eigenvalue weighted by molar-refractivity contribution is -0.167. The summed E-state index contributed by atoms with van der Waals surface area (Å²) in [6.45, 7) is 6.40. The molecule has 1 atom stereocenters. The van der Waals surface area contributed by atoms with Crippen molar-refractivity contribution in [3.63, 3.8) is 0 Å². The number of hydrogen-bond donors (Lipinski definition) is 0. The number of carbonyl (C=O) groups excluding carboxylic acids is 3. The second-order valence-electron chi connectivity index (χ2n) is 16.4. The first-order valence-electron chi connectivity index (χ1n) is 25.1. The minimum absolute atomic E-state index is 0.0999. The Morgan fingerprint density at radius 1 is 0.361 bits per heavy atom. The van der Waals surface area contributed by atoms with Crippen molar-refractivity contribution in [3.8, 4) is 0 Å². The third kappa shape index (κ3) is 47.5. The van der Waals surface area contributed by atoms with Crippen molar-refractivity contribution in [2.24, 2.45) is 0 Å². The van der Waals surface area contributed by atoms with Gasteiger partial charge in [0, 0.05) is 19.3 Å². The molecule has 0 radical (unpaired) electrons. The summed E-state index contributed by atoms with van der Waals surface area (Å²) in [4.78, 5) is 37.9. The van der Waals surface area contributed by atoms with E-state index in [0.717, 1.165) is 116 Å². The summed E-state index contributed by atoms with van der Waals surface area (Å²) in [7, 11) is 0. The summed E-state index contributed by atoms with van der Waals surface area (Å²) in [5.41, 5.74) is 0. The number of unbranched alkanes of at least 4 members (excludes halogenated alkanes) is 22. The molecule has 0 heterocycles. The highest BCUT2D eigenvalue weighted by Crippen LogP contribution is 2.13. The molecule has 0 fully saturated rings. The maximum absolute atomic E-state index is 12.8. The Kier molecular flexibility index (Phi) is 46.5. The van der Waals surface area contributed by atoms with E-state index >= 15 is 0 Å². The molecule has 0 aliphatic heterocycles. The smallest absolute Gasteiger partial charge is 0.306 e. The topological polar surface area (TPSA) is 78.9 Å². The summed E-state index contributed by atoms with van der Waals surface area (Å²) in [6, 6.07) is 0. The van der Waals surface area contributed by atoms with Crippen LogP contribution in [0.3, 0.4) is 0 Å². The number of esters is 3. The lowest BCUT2D eigenvalue weighted by Crippen LogP contribution is -2.30. The molecule has 0 aromatic rings. The summed E-state index contributed by atoms with van der Waals surface area (Å²) in [5, 5.41) is 0. The summed E-state index contributed by atoms with van der Waals surface area (Å²) < 4.78 is 16.7. The SMILES string of the molecule is CC/C=C\C/C=C\CCCCCCCCCC(=O)OC(COC(=O)CCCCC/C=C\C=C/CCCC)COC(=O)CCCCCCC\C=C/C=C\C=C/CCCCCCC. The van der Waals surface area contributed by atoms with Crippen molar-refractivity contribution < 1.29 is 28.6 Å². The molecule has 348 valence electrons. The second-order valence-corrected chi connectivity index (χ2v) is 16.4. The quantitative estimate of drug-likeness (QED) is 0.0200. The second kappa shape index (κ2) is 49.2. The fourth-order valence-electron chi connectivity index (χ4n) is 6.63. The largest absolute Gasteiger partial charge is 0.462 e. The van der Waals surface area contributed by atoms with Crippen LogP contribution < -0.4 is 0 Å². The zero-order chi connectivity index (χ0) is 44.4. The van der Waals surface area contributed by atoms with Crippen molar-refractivity contribution in [2.45, 2.75) is 232 Å². The van der Waals surface area contributed by atoms with Crippen LogP contribution in [0.5, 0.6) is 0 Å². The monoisotopic (exact) mass is 849 g/mol. The van der Waals surface area contributed by atoms with Crippen molar-refractivity contribution in [1.29, 1.82) is 0 Å². The average Bonchev–Trinajstić information content (AvgIpc) is 3.26. The lowest BCUT2D eigenvalue weighted by Gasteiger charge is -2.18. The summed E-state index contributed by atoms with van der Waals surface area (Å²) in [6.07, 6.45) is 62.8. The van der Waals surface area contributed by atoms with Gasteiger partial charge in [-0.05, 0) is 89.9 Å². The zero-order valence-corrected chi connectivity index (χ0v) is 39.7. The van der Waals surface area contributed by atoms with E-state index in [2.05, 4.69) is 106 Å². The molecule has 0 aromatic heterocycles. The normalized spacial score (nSPS) is 12.8. The van der Waals surface area contributed by atoms with Crippen LogP contribution in [0.4, 0.5) is 0 Å². The van der Waals surface area contributed by atoms with E-state index in [1.807, 2.05) is 0 Å². The van der Waals surface area contributed by atoms with Gasteiger partial charge in [-0.2, -0.15) is 0 Å². The van der Waals surface area contributed by atoms with Crippen LogP contribution in [0.25, 0.3) is 0 Å². The van der Waals surface area contributed by atoms with Gasteiger partial charge in [0.1, 0.15) is 13.2 Å². The highest BCUT2D eigenvalue weighted by molar-refractivity contribution is 5.71. The molecule has 0 aliphatic carbocycles. The maximum Gasteiger partial charge on any atom is 0.306 e. The van der Waals surface area contributed by atoms with Crippen LogP contribution in [0.1, 0.15) is 226 Å². The van der Waals surface area contributed by atoms with Gasteiger partial charge >= 0.3 is 17.9 Å². The summed E-state index contributed by atoms with van der Waals surface area (Å²) >= 11 is 0. The van der Waals surface area contributed by atoms with Gasteiger partial charge in [-0.25, -0.2) is 0 Å². The van der Waals surface area contributed by atoms with Gasteiger partial charge in [0.2, 0.25) is 0 Å². The minimum atomic E-state index is -0.799. The van der Waals surface area contributed by atoms with Gasteiger partial charge in [-0.3, -0.25) is 14.4 Å². The van der Waals surface area contributed by atoms with Gasteiger partial charge in [-0.1, -0.05) is 202 Å². The Morgan fingerprint density at radius 3 is 1.20 bits per heavy atom.